The molecule has 0 radical (unpaired) electrons. The molecule has 1 aliphatic carbocycles. The van der Waals surface area contributed by atoms with Crippen molar-refractivity contribution < 1.29 is 9.53 Å². The number of nitrogens with zero attached hydrogens (tertiary/aromatic N) is 3. The van der Waals surface area contributed by atoms with Gasteiger partial charge in [-0.3, -0.25) is 9.69 Å². The van der Waals surface area contributed by atoms with Gasteiger partial charge in [0.1, 0.15) is 6.54 Å². The SMILES string of the molecule is CN(C)C(=O)CN=C(NCCCN1CCOCC1)NCC1CCC(C)(C)CC1.I. The number of halogens is 1. The van der Waals surface area contributed by atoms with Crippen molar-refractivity contribution in [2.45, 2.75) is 46.0 Å². The highest BCUT2D eigenvalue weighted by molar-refractivity contribution is 14.0. The van der Waals surface area contributed by atoms with Crippen molar-refractivity contribution in [3.05, 3.63) is 0 Å². The molecule has 1 saturated carbocycles. The van der Waals surface area contributed by atoms with Crippen LogP contribution in [0.3, 0.4) is 0 Å². The maximum absolute atomic E-state index is 11.9. The van der Waals surface area contributed by atoms with Crippen molar-refractivity contribution in [3.8, 4) is 0 Å². The smallest absolute Gasteiger partial charge is 0.243 e. The Kier molecular flexibility index (Phi) is 12.4. The van der Waals surface area contributed by atoms with Crippen LogP contribution in [0.1, 0.15) is 46.0 Å². The Hall–Kier alpha value is -0.610. The van der Waals surface area contributed by atoms with Crippen LogP contribution in [0.25, 0.3) is 0 Å². The minimum Gasteiger partial charge on any atom is -0.379 e. The predicted molar refractivity (Wildman–Crippen MR) is 130 cm³/mol. The molecule has 0 aromatic carbocycles. The number of carbonyl (C=O) groups is 1. The topological polar surface area (TPSA) is 69.2 Å². The number of ether oxygens (including phenoxy) is 1. The summed E-state index contributed by atoms with van der Waals surface area (Å²) in [5.41, 5.74) is 0.489. The summed E-state index contributed by atoms with van der Waals surface area (Å²) in [5.74, 6) is 1.48. The minimum atomic E-state index is 0. The summed E-state index contributed by atoms with van der Waals surface area (Å²) in [6.07, 6.45) is 6.16. The van der Waals surface area contributed by atoms with E-state index in [1.165, 1.54) is 25.7 Å². The molecule has 0 aromatic rings. The molecule has 0 bridgehead atoms. The Morgan fingerprint density at radius 3 is 2.45 bits per heavy atom. The van der Waals surface area contributed by atoms with E-state index in [0.29, 0.717) is 11.3 Å². The van der Waals surface area contributed by atoms with Gasteiger partial charge in [-0.1, -0.05) is 13.8 Å². The molecular formula is C21H42IN5O2. The Morgan fingerprint density at radius 1 is 1.17 bits per heavy atom. The largest absolute Gasteiger partial charge is 0.379 e. The third-order valence-corrected chi connectivity index (χ3v) is 5.94. The van der Waals surface area contributed by atoms with E-state index in [-0.39, 0.29) is 36.4 Å². The summed E-state index contributed by atoms with van der Waals surface area (Å²) in [6, 6.07) is 0. The number of carbonyl (C=O) groups excluding carboxylic acids is 1. The zero-order valence-electron chi connectivity index (χ0n) is 18.8. The van der Waals surface area contributed by atoms with Gasteiger partial charge in [-0.2, -0.15) is 0 Å². The lowest BCUT2D eigenvalue weighted by atomic mass is 9.73. The van der Waals surface area contributed by atoms with Crippen molar-refractivity contribution in [1.29, 1.82) is 0 Å². The maximum Gasteiger partial charge on any atom is 0.243 e. The monoisotopic (exact) mass is 523 g/mol. The quantitative estimate of drug-likeness (QED) is 0.221. The molecule has 0 spiro atoms. The summed E-state index contributed by atoms with van der Waals surface area (Å²) in [4.78, 5) is 20.4. The second-order valence-electron chi connectivity index (χ2n) is 9.18. The average Bonchev–Trinajstić information content (AvgIpc) is 2.68. The van der Waals surface area contributed by atoms with Gasteiger partial charge in [0.05, 0.1) is 13.2 Å². The number of morpholine rings is 1. The minimum absolute atomic E-state index is 0. The highest BCUT2D eigenvalue weighted by Gasteiger charge is 2.26. The molecule has 1 aliphatic heterocycles. The molecule has 170 valence electrons. The van der Waals surface area contributed by atoms with Gasteiger partial charge in [-0.05, 0) is 50.0 Å². The molecule has 1 amide bonds. The second kappa shape index (κ2) is 13.6. The summed E-state index contributed by atoms with van der Waals surface area (Å²) in [5, 5.41) is 6.90. The van der Waals surface area contributed by atoms with Crippen LogP contribution in [-0.4, -0.2) is 88.2 Å². The number of likely N-dealkylation sites (N-methyl/N-ethyl adjacent to an activating group) is 1. The number of nitrogens with one attached hydrogen (secondary N) is 2. The average molecular weight is 524 g/mol. The maximum atomic E-state index is 11.9. The van der Waals surface area contributed by atoms with E-state index in [4.69, 9.17) is 4.74 Å². The molecule has 7 nitrogen and oxygen atoms in total. The Bertz CT molecular complexity index is 497. The Morgan fingerprint density at radius 2 is 1.83 bits per heavy atom. The fraction of sp³-hybridized carbons (Fsp3) is 0.905. The summed E-state index contributed by atoms with van der Waals surface area (Å²) < 4.78 is 5.40. The number of hydrogen-bond acceptors (Lipinski definition) is 4. The van der Waals surface area contributed by atoms with Gasteiger partial charge in [-0.15, -0.1) is 24.0 Å². The molecule has 2 rings (SSSR count). The van der Waals surface area contributed by atoms with E-state index in [1.807, 2.05) is 0 Å². The summed E-state index contributed by atoms with van der Waals surface area (Å²) in [7, 11) is 3.54. The first kappa shape index (κ1) is 26.4. The lowest BCUT2D eigenvalue weighted by Gasteiger charge is -2.34. The lowest BCUT2D eigenvalue weighted by Crippen LogP contribution is -2.43. The van der Waals surface area contributed by atoms with Gasteiger partial charge >= 0.3 is 0 Å². The zero-order chi connectivity index (χ0) is 20.4. The van der Waals surface area contributed by atoms with E-state index in [0.717, 1.165) is 58.3 Å². The fourth-order valence-corrected chi connectivity index (χ4v) is 3.70. The number of guanidine groups is 1. The van der Waals surface area contributed by atoms with Crippen LogP contribution in [0.4, 0.5) is 0 Å². The standard InChI is InChI=1S/C21H41N5O2.HI/c1-21(2)8-6-18(7-9-21)16-23-20(24-17-19(27)25(3)4)22-10-5-11-26-12-14-28-15-13-26;/h18H,5-17H2,1-4H3,(H2,22,23,24);1H. The van der Waals surface area contributed by atoms with Gasteiger partial charge in [0.2, 0.25) is 5.91 Å². The van der Waals surface area contributed by atoms with Crippen LogP contribution >= 0.6 is 24.0 Å². The summed E-state index contributed by atoms with van der Waals surface area (Å²) >= 11 is 0. The van der Waals surface area contributed by atoms with Gasteiger partial charge in [-0.25, -0.2) is 4.99 Å². The molecule has 2 N–H and O–H groups in total. The third-order valence-electron chi connectivity index (χ3n) is 5.94. The van der Waals surface area contributed by atoms with E-state index in [9.17, 15) is 4.79 Å². The van der Waals surface area contributed by atoms with Crippen molar-refractivity contribution >= 4 is 35.8 Å². The van der Waals surface area contributed by atoms with Crippen LogP contribution < -0.4 is 10.6 Å². The molecule has 1 heterocycles. The van der Waals surface area contributed by atoms with Crippen LogP contribution in [0.5, 0.6) is 0 Å². The highest BCUT2D eigenvalue weighted by atomic mass is 127. The first-order chi connectivity index (χ1) is 13.4. The molecular weight excluding hydrogens is 481 g/mol. The summed E-state index contributed by atoms with van der Waals surface area (Å²) in [6.45, 7) is 11.5. The van der Waals surface area contributed by atoms with Crippen molar-refractivity contribution in [3.63, 3.8) is 0 Å². The van der Waals surface area contributed by atoms with Crippen molar-refractivity contribution in [2.24, 2.45) is 16.3 Å². The van der Waals surface area contributed by atoms with Gasteiger partial charge < -0.3 is 20.3 Å². The first-order valence-electron chi connectivity index (χ1n) is 10.9. The molecule has 1 saturated heterocycles. The zero-order valence-corrected chi connectivity index (χ0v) is 21.2. The predicted octanol–water partition coefficient (Wildman–Crippen LogP) is 2.17. The number of hydrogen-bond donors (Lipinski definition) is 2. The molecule has 2 aliphatic rings. The van der Waals surface area contributed by atoms with E-state index in [1.54, 1.807) is 19.0 Å². The fourth-order valence-electron chi connectivity index (χ4n) is 3.70. The molecule has 2 fully saturated rings. The Labute approximate surface area is 194 Å². The van der Waals surface area contributed by atoms with Crippen LogP contribution in [-0.2, 0) is 9.53 Å². The van der Waals surface area contributed by atoms with E-state index in [2.05, 4.69) is 34.4 Å². The van der Waals surface area contributed by atoms with E-state index < -0.39 is 0 Å². The lowest BCUT2D eigenvalue weighted by molar-refractivity contribution is -0.127. The third kappa shape index (κ3) is 10.8. The highest BCUT2D eigenvalue weighted by Crippen LogP contribution is 2.37. The number of amides is 1. The van der Waals surface area contributed by atoms with Gasteiger partial charge in [0, 0.05) is 40.3 Å². The molecule has 0 aromatic heterocycles. The van der Waals surface area contributed by atoms with Crippen molar-refractivity contribution in [1.82, 2.24) is 20.4 Å². The van der Waals surface area contributed by atoms with Crippen LogP contribution in [0.15, 0.2) is 4.99 Å². The van der Waals surface area contributed by atoms with Gasteiger partial charge in [0.15, 0.2) is 5.96 Å². The second-order valence-corrected chi connectivity index (χ2v) is 9.18. The van der Waals surface area contributed by atoms with Crippen molar-refractivity contribution in [2.75, 3.05) is 66.6 Å². The van der Waals surface area contributed by atoms with Crippen LogP contribution in [0.2, 0.25) is 0 Å². The number of rotatable bonds is 8. The molecule has 0 unspecified atom stereocenters. The first-order valence-corrected chi connectivity index (χ1v) is 10.9. The molecule has 8 heteroatoms. The Balaban J connectivity index is 0.00000420. The molecule has 29 heavy (non-hydrogen) atoms. The molecule has 0 atom stereocenters. The van der Waals surface area contributed by atoms with E-state index >= 15 is 0 Å². The van der Waals surface area contributed by atoms with Gasteiger partial charge in [0.25, 0.3) is 0 Å². The van der Waals surface area contributed by atoms with Crippen LogP contribution in [0, 0.1) is 11.3 Å². The normalized spacial score (nSPS) is 20.6. The number of aliphatic imine (C=N–C) groups is 1.